The van der Waals surface area contributed by atoms with Crippen molar-refractivity contribution in [3.8, 4) is 0 Å². The molecule has 2 aromatic carbocycles. The van der Waals surface area contributed by atoms with E-state index in [4.69, 9.17) is 0 Å². The molecule has 1 heterocycles. The van der Waals surface area contributed by atoms with Crippen LogP contribution in [0.15, 0.2) is 96.5 Å². The molecule has 0 saturated heterocycles. The lowest BCUT2D eigenvalue weighted by Crippen LogP contribution is -2.43. The lowest BCUT2D eigenvalue weighted by Gasteiger charge is -2.27. The van der Waals surface area contributed by atoms with Crippen LogP contribution in [0.4, 0.5) is 0 Å². The number of hydrogen-bond donors (Lipinski definition) is 0. The molecule has 0 bridgehead atoms. The summed E-state index contributed by atoms with van der Waals surface area (Å²) in [6.07, 6.45) is 3.63. The normalized spacial score (nSPS) is 10.5. The van der Waals surface area contributed by atoms with Gasteiger partial charge in [-0.2, -0.15) is 0 Å². The number of amides is 2. The summed E-state index contributed by atoms with van der Waals surface area (Å²) in [6, 6.07) is 23.7. The number of carbonyl (C=O) groups is 2. The average Bonchev–Trinajstić information content (AvgIpc) is 3.22. The van der Waals surface area contributed by atoms with E-state index in [9.17, 15) is 9.59 Å². The standard InChI is InChI=1S/C26H29N3O2S/c1-3-16-28(26(31)21-32-24-14-8-5-9-15-24)20-25(30)29(18-22-11-6-4-7-12-22)19-23-13-10-17-27(23)2/h3-15,17H,1,16,18-21H2,2H3. The van der Waals surface area contributed by atoms with Crippen LogP contribution < -0.4 is 0 Å². The summed E-state index contributed by atoms with van der Waals surface area (Å²) in [5.41, 5.74) is 2.09. The van der Waals surface area contributed by atoms with Crippen LogP contribution >= 0.6 is 11.8 Å². The Morgan fingerprint density at radius 3 is 2.22 bits per heavy atom. The Kier molecular flexibility index (Phi) is 8.75. The predicted molar refractivity (Wildman–Crippen MR) is 130 cm³/mol. The molecule has 0 aliphatic carbocycles. The first kappa shape index (κ1) is 23.4. The average molecular weight is 448 g/mol. The Morgan fingerprint density at radius 2 is 1.59 bits per heavy atom. The van der Waals surface area contributed by atoms with Crippen LogP contribution in [0.2, 0.25) is 0 Å². The minimum atomic E-state index is -0.0880. The minimum Gasteiger partial charge on any atom is -0.353 e. The van der Waals surface area contributed by atoms with E-state index in [0.717, 1.165) is 16.2 Å². The highest BCUT2D eigenvalue weighted by Gasteiger charge is 2.22. The summed E-state index contributed by atoms with van der Waals surface area (Å²) in [7, 11) is 1.97. The van der Waals surface area contributed by atoms with Gasteiger partial charge >= 0.3 is 0 Å². The van der Waals surface area contributed by atoms with Crippen molar-refractivity contribution in [3.05, 3.63) is 103 Å². The molecule has 5 nitrogen and oxygen atoms in total. The van der Waals surface area contributed by atoms with E-state index in [0.29, 0.717) is 19.6 Å². The number of nitrogens with zero attached hydrogens (tertiary/aromatic N) is 3. The van der Waals surface area contributed by atoms with Gasteiger partial charge in [-0.25, -0.2) is 0 Å². The number of thioether (sulfide) groups is 1. The van der Waals surface area contributed by atoms with Crippen LogP contribution in [0.1, 0.15) is 11.3 Å². The Labute approximate surface area is 194 Å². The zero-order valence-corrected chi connectivity index (χ0v) is 19.2. The second kappa shape index (κ2) is 12.0. The van der Waals surface area contributed by atoms with Crippen molar-refractivity contribution in [2.45, 2.75) is 18.0 Å². The lowest BCUT2D eigenvalue weighted by atomic mass is 10.2. The molecule has 0 spiro atoms. The van der Waals surface area contributed by atoms with Crippen molar-refractivity contribution >= 4 is 23.6 Å². The number of aromatic nitrogens is 1. The maximum Gasteiger partial charge on any atom is 0.242 e. The van der Waals surface area contributed by atoms with Crippen LogP contribution in [-0.2, 0) is 29.7 Å². The van der Waals surface area contributed by atoms with Gasteiger partial charge in [0.15, 0.2) is 0 Å². The molecule has 0 atom stereocenters. The first-order valence-corrected chi connectivity index (χ1v) is 11.5. The number of aryl methyl sites for hydroxylation is 1. The van der Waals surface area contributed by atoms with Gasteiger partial charge in [-0.3, -0.25) is 9.59 Å². The molecule has 0 N–H and O–H groups in total. The molecule has 2 amide bonds. The topological polar surface area (TPSA) is 45.6 Å². The summed E-state index contributed by atoms with van der Waals surface area (Å²) in [5, 5.41) is 0. The van der Waals surface area contributed by atoms with Crippen LogP contribution in [0.25, 0.3) is 0 Å². The van der Waals surface area contributed by atoms with Gasteiger partial charge in [0.1, 0.15) is 6.54 Å². The van der Waals surface area contributed by atoms with Gasteiger partial charge in [-0.15, -0.1) is 18.3 Å². The largest absolute Gasteiger partial charge is 0.353 e. The highest BCUT2D eigenvalue weighted by Crippen LogP contribution is 2.18. The van der Waals surface area contributed by atoms with E-state index in [1.807, 2.05) is 90.6 Å². The Morgan fingerprint density at radius 1 is 0.906 bits per heavy atom. The van der Waals surface area contributed by atoms with Gasteiger partial charge in [0.2, 0.25) is 11.8 Å². The second-order valence-electron chi connectivity index (χ2n) is 7.51. The van der Waals surface area contributed by atoms with Gasteiger partial charge in [-0.1, -0.05) is 54.6 Å². The van der Waals surface area contributed by atoms with Crippen molar-refractivity contribution in [1.82, 2.24) is 14.4 Å². The monoisotopic (exact) mass is 447 g/mol. The van der Waals surface area contributed by atoms with Crippen LogP contribution in [-0.4, -0.2) is 45.0 Å². The fraction of sp³-hybridized carbons (Fsp3) is 0.231. The Bertz CT molecular complexity index is 1020. The zero-order chi connectivity index (χ0) is 22.8. The minimum absolute atomic E-state index is 0.0253. The number of hydrogen-bond acceptors (Lipinski definition) is 3. The molecular weight excluding hydrogens is 418 g/mol. The summed E-state index contributed by atoms with van der Waals surface area (Å²) in [4.78, 5) is 30.6. The first-order valence-electron chi connectivity index (χ1n) is 10.5. The Balaban J connectivity index is 1.69. The fourth-order valence-corrected chi connectivity index (χ4v) is 4.14. The molecule has 0 aliphatic heterocycles. The molecule has 3 rings (SSSR count). The smallest absolute Gasteiger partial charge is 0.242 e. The lowest BCUT2D eigenvalue weighted by molar-refractivity contribution is -0.139. The van der Waals surface area contributed by atoms with Crippen molar-refractivity contribution in [2.24, 2.45) is 7.05 Å². The molecule has 0 radical (unpaired) electrons. The molecule has 0 fully saturated rings. The van der Waals surface area contributed by atoms with E-state index in [-0.39, 0.29) is 24.1 Å². The molecular formula is C26H29N3O2S. The van der Waals surface area contributed by atoms with Crippen LogP contribution in [0.3, 0.4) is 0 Å². The molecule has 3 aromatic rings. The maximum atomic E-state index is 13.3. The fourth-order valence-electron chi connectivity index (χ4n) is 3.32. The maximum absolute atomic E-state index is 13.3. The van der Waals surface area contributed by atoms with Gasteiger partial charge in [0.25, 0.3) is 0 Å². The third kappa shape index (κ3) is 6.89. The molecule has 6 heteroatoms. The SMILES string of the molecule is C=CCN(CC(=O)N(Cc1ccccc1)Cc1cccn1C)C(=O)CSc1ccccc1. The molecule has 166 valence electrons. The highest BCUT2D eigenvalue weighted by atomic mass is 32.2. The number of benzene rings is 2. The zero-order valence-electron chi connectivity index (χ0n) is 18.4. The van der Waals surface area contributed by atoms with Crippen LogP contribution in [0, 0.1) is 0 Å². The van der Waals surface area contributed by atoms with E-state index < -0.39 is 0 Å². The molecule has 0 unspecified atom stereocenters. The second-order valence-corrected chi connectivity index (χ2v) is 8.56. The summed E-state index contributed by atoms with van der Waals surface area (Å²) in [5.74, 6) is 0.113. The predicted octanol–water partition coefficient (Wildman–Crippen LogP) is 4.36. The van der Waals surface area contributed by atoms with Crippen molar-refractivity contribution in [2.75, 3.05) is 18.8 Å². The third-order valence-corrected chi connectivity index (χ3v) is 6.10. The van der Waals surface area contributed by atoms with E-state index >= 15 is 0 Å². The third-order valence-electron chi connectivity index (χ3n) is 5.11. The number of carbonyl (C=O) groups excluding carboxylic acids is 2. The van der Waals surface area contributed by atoms with Gasteiger partial charge in [0, 0.05) is 36.9 Å². The molecule has 32 heavy (non-hydrogen) atoms. The van der Waals surface area contributed by atoms with Crippen molar-refractivity contribution in [1.29, 1.82) is 0 Å². The van der Waals surface area contributed by atoms with Gasteiger partial charge in [-0.05, 0) is 29.8 Å². The van der Waals surface area contributed by atoms with Gasteiger partial charge in [0.05, 0.1) is 12.3 Å². The molecule has 0 saturated carbocycles. The van der Waals surface area contributed by atoms with E-state index in [2.05, 4.69) is 6.58 Å². The van der Waals surface area contributed by atoms with Crippen molar-refractivity contribution in [3.63, 3.8) is 0 Å². The molecule has 1 aromatic heterocycles. The quantitative estimate of drug-likeness (QED) is 0.324. The first-order chi connectivity index (χ1) is 15.6. The van der Waals surface area contributed by atoms with E-state index in [1.54, 1.807) is 15.9 Å². The summed E-state index contributed by atoms with van der Waals surface area (Å²) in [6.45, 7) is 5.09. The number of rotatable bonds is 11. The summed E-state index contributed by atoms with van der Waals surface area (Å²) >= 11 is 1.47. The summed E-state index contributed by atoms with van der Waals surface area (Å²) < 4.78 is 2.01. The van der Waals surface area contributed by atoms with E-state index in [1.165, 1.54) is 11.8 Å². The molecule has 0 aliphatic rings. The van der Waals surface area contributed by atoms with Crippen molar-refractivity contribution < 1.29 is 9.59 Å². The Hall–Kier alpha value is -3.25. The highest BCUT2D eigenvalue weighted by molar-refractivity contribution is 8.00. The van der Waals surface area contributed by atoms with Crippen LogP contribution in [0.5, 0.6) is 0 Å². The van der Waals surface area contributed by atoms with Gasteiger partial charge < -0.3 is 14.4 Å².